The topological polar surface area (TPSA) is 97.4 Å². The Hall–Kier alpha value is -2.57. The highest BCUT2D eigenvalue weighted by molar-refractivity contribution is 6.02. The zero-order valence-electron chi connectivity index (χ0n) is 10.5. The largest absolute Gasteiger partial charge is 0.475 e. The molecule has 2 rings (SSSR count). The number of carboxylic acid groups (broad SMARTS) is 1. The number of amides is 1. The number of rotatable bonds is 4. The number of aromatic carboxylic acids is 1. The minimum absolute atomic E-state index is 0.0612. The zero-order valence-corrected chi connectivity index (χ0v) is 10.5. The smallest absolute Gasteiger partial charge is 0.371 e. The van der Waals surface area contributed by atoms with E-state index in [9.17, 15) is 9.59 Å². The predicted molar refractivity (Wildman–Crippen MR) is 66.2 cm³/mol. The lowest BCUT2D eigenvalue weighted by atomic mass is 10.4. The van der Waals surface area contributed by atoms with E-state index in [1.165, 1.54) is 12.1 Å². The number of aromatic nitrogens is 2. The van der Waals surface area contributed by atoms with Crippen LogP contribution in [-0.2, 0) is 0 Å². The van der Waals surface area contributed by atoms with Gasteiger partial charge in [0.05, 0.1) is 6.20 Å². The molecule has 0 fully saturated rings. The van der Waals surface area contributed by atoms with Crippen molar-refractivity contribution in [2.45, 2.75) is 19.9 Å². The van der Waals surface area contributed by atoms with Crippen LogP contribution in [0.3, 0.4) is 0 Å². The van der Waals surface area contributed by atoms with Crippen LogP contribution in [0.1, 0.15) is 41.0 Å². The third-order valence-corrected chi connectivity index (χ3v) is 2.44. The van der Waals surface area contributed by atoms with Gasteiger partial charge in [0.2, 0.25) is 5.76 Å². The molecule has 0 unspecified atom stereocenters. The van der Waals surface area contributed by atoms with Crippen molar-refractivity contribution in [3.8, 4) is 0 Å². The van der Waals surface area contributed by atoms with Crippen LogP contribution in [0, 0.1) is 0 Å². The summed E-state index contributed by atoms with van der Waals surface area (Å²) in [4.78, 5) is 22.5. The van der Waals surface area contributed by atoms with Gasteiger partial charge >= 0.3 is 5.97 Å². The SMILES string of the molecule is CC(C)n1nccc1NC(=O)c1ccc(C(=O)O)o1. The molecule has 0 saturated carbocycles. The Morgan fingerprint density at radius 2 is 2.00 bits per heavy atom. The van der Waals surface area contributed by atoms with Gasteiger partial charge in [0, 0.05) is 12.1 Å². The molecule has 2 aromatic rings. The Kier molecular flexibility index (Phi) is 3.37. The average Bonchev–Trinajstić information content (AvgIpc) is 2.96. The second-order valence-corrected chi connectivity index (χ2v) is 4.18. The summed E-state index contributed by atoms with van der Waals surface area (Å²) in [5.74, 6) is -1.55. The maximum absolute atomic E-state index is 11.9. The van der Waals surface area contributed by atoms with Gasteiger partial charge < -0.3 is 14.8 Å². The first-order chi connectivity index (χ1) is 8.99. The van der Waals surface area contributed by atoms with Crippen LogP contribution in [0.5, 0.6) is 0 Å². The van der Waals surface area contributed by atoms with Gasteiger partial charge in [-0.05, 0) is 26.0 Å². The molecule has 0 radical (unpaired) electrons. The number of hydrogen-bond acceptors (Lipinski definition) is 4. The molecule has 7 heteroatoms. The van der Waals surface area contributed by atoms with Crippen LogP contribution in [-0.4, -0.2) is 26.8 Å². The number of furan rings is 1. The maximum Gasteiger partial charge on any atom is 0.371 e. The van der Waals surface area contributed by atoms with Crippen molar-refractivity contribution in [3.63, 3.8) is 0 Å². The van der Waals surface area contributed by atoms with E-state index < -0.39 is 11.9 Å². The monoisotopic (exact) mass is 263 g/mol. The molecule has 19 heavy (non-hydrogen) atoms. The van der Waals surface area contributed by atoms with Crippen LogP contribution >= 0.6 is 0 Å². The minimum Gasteiger partial charge on any atom is -0.475 e. The molecule has 0 aliphatic carbocycles. The van der Waals surface area contributed by atoms with Gasteiger partial charge in [0.1, 0.15) is 5.82 Å². The van der Waals surface area contributed by atoms with Gasteiger partial charge in [-0.15, -0.1) is 0 Å². The molecule has 0 atom stereocenters. The molecular formula is C12H13N3O4. The number of anilines is 1. The lowest BCUT2D eigenvalue weighted by Gasteiger charge is -2.10. The highest BCUT2D eigenvalue weighted by Crippen LogP contribution is 2.15. The lowest BCUT2D eigenvalue weighted by molar-refractivity contribution is 0.0660. The Bertz CT molecular complexity index is 612. The van der Waals surface area contributed by atoms with Crippen LogP contribution in [0.25, 0.3) is 0 Å². The Labute approximate surface area is 108 Å². The quantitative estimate of drug-likeness (QED) is 0.879. The molecule has 0 saturated heterocycles. The molecule has 7 nitrogen and oxygen atoms in total. The molecule has 0 aromatic carbocycles. The van der Waals surface area contributed by atoms with Crippen molar-refractivity contribution in [3.05, 3.63) is 35.9 Å². The highest BCUT2D eigenvalue weighted by atomic mass is 16.4. The molecule has 0 aliphatic heterocycles. The van der Waals surface area contributed by atoms with Gasteiger partial charge in [0.25, 0.3) is 5.91 Å². The van der Waals surface area contributed by atoms with E-state index in [0.717, 1.165) is 0 Å². The number of nitrogens with zero attached hydrogens (tertiary/aromatic N) is 2. The summed E-state index contributed by atoms with van der Waals surface area (Å²) in [6, 6.07) is 4.29. The Balaban J connectivity index is 2.16. The van der Waals surface area contributed by atoms with Crippen LogP contribution < -0.4 is 5.32 Å². The summed E-state index contributed by atoms with van der Waals surface area (Å²) >= 11 is 0. The molecule has 1 amide bonds. The first-order valence-corrected chi connectivity index (χ1v) is 5.67. The van der Waals surface area contributed by atoms with Crippen LogP contribution in [0.2, 0.25) is 0 Å². The van der Waals surface area contributed by atoms with E-state index in [2.05, 4.69) is 10.4 Å². The van der Waals surface area contributed by atoms with Crippen molar-refractivity contribution >= 4 is 17.7 Å². The number of carbonyl (C=O) groups excluding carboxylic acids is 1. The third kappa shape index (κ3) is 2.65. The second kappa shape index (κ2) is 4.97. The fourth-order valence-electron chi connectivity index (χ4n) is 1.58. The Morgan fingerprint density at radius 3 is 2.58 bits per heavy atom. The number of hydrogen-bond donors (Lipinski definition) is 2. The average molecular weight is 263 g/mol. The van der Waals surface area contributed by atoms with E-state index in [1.807, 2.05) is 13.8 Å². The lowest BCUT2D eigenvalue weighted by Crippen LogP contribution is -2.16. The normalized spacial score (nSPS) is 10.7. The summed E-state index contributed by atoms with van der Waals surface area (Å²) in [5, 5.41) is 15.4. The highest BCUT2D eigenvalue weighted by Gasteiger charge is 2.16. The molecule has 0 bridgehead atoms. The van der Waals surface area contributed by atoms with E-state index >= 15 is 0 Å². The molecule has 2 N–H and O–H groups in total. The molecule has 0 spiro atoms. The number of carbonyl (C=O) groups is 2. The van der Waals surface area contributed by atoms with Gasteiger partial charge in [-0.25, -0.2) is 9.48 Å². The zero-order chi connectivity index (χ0) is 14.0. The molecule has 100 valence electrons. The summed E-state index contributed by atoms with van der Waals surface area (Å²) in [5.41, 5.74) is 0. The van der Waals surface area contributed by atoms with Crippen LogP contribution in [0.15, 0.2) is 28.8 Å². The van der Waals surface area contributed by atoms with Crippen molar-refractivity contribution < 1.29 is 19.1 Å². The van der Waals surface area contributed by atoms with E-state index in [-0.39, 0.29) is 17.6 Å². The molecule has 2 heterocycles. The van der Waals surface area contributed by atoms with Gasteiger partial charge in [-0.2, -0.15) is 5.10 Å². The fourth-order valence-corrected chi connectivity index (χ4v) is 1.58. The van der Waals surface area contributed by atoms with Crippen molar-refractivity contribution in [2.75, 3.05) is 5.32 Å². The van der Waals surface area contributed by atoms with E-state index in [1.54, 1.807) is 16.9 Å². The Morgan fingerprint density at radius 1 is 1.32 bits per heavy atom. The van der Waals surface area contributed by atoms with Crippen molar-refractivity contribution in [1.29, 1.82) is 0 Å². The number of carboxylic acids is 1. The first kappa shape index (κ1) is 12.9. The summed E-state index contributed by atoms with van der Waals surface area (Å²) < 4.78 is 6.55. The van der Waals surface area contributed by atoms with E-state index in [0.29, 0.717) is 5.82 Å². The maximum atomic E-state index is 11.9. The molecule has 2 aromatic heterocycles. The molecule has 0 aliphatic rings. The predicted octanol–water partition coefficient (Wildman–Crippen LogP) is 2.01. The summed E-state index contributed by atoms with van der Waals surface area (Å²) in [6.07, 6.45) is 1.57. The summed E-state index contributed by atoms with van der Waals surface area (Å²) in [6.45, 7) is 3.86. The number of nitrogens with one attached hydrogen (secondary N) is 1. The standard InChI is InChI=1S/C12H13N3O4/c1-7(2)15-10(5-6-13-15)14-11(16)8-3-4-9(19-8)12(17)18/h3-7H,1-2H3,(H,14,16)(H,17,18). The van der Waals surface area contributed by atoms with Crippen molar-refractivity contribution in [2.24, 2.45) is 0 Å². The fraction of sp³-hybridized carbons (Fsp3) is 0.250. The van der Waals surface area contributed by atoms with Gasteiger partial charge in [0.15, 0.2) is 5.76 Å². The summed E-state index contributed by atoms with van der Waals surface area (Å²) in [7, 11) is 0. The first-order valence-electron chi connectivity index (χ1n) is 5.67. The minimum atomic E-state index is -1.22. The second-order valence-electron chi connectivity index (χ2n) is 4.18. The van der Waals surface area contributed by atoms with Gasteiger partial charge in [-0.3, -0.25) is 4.79 Å². The van der Waals surface area contributed by atoms with Crippen LogP contribution in [0.4, 0.5) is 5.82 Å². The molecular weight excluding hydrogens is 250 g/mol. The van der Waals surface area contributed by atoms with E-state index in [4.69, 9.17) is 9.52 Å². The third-order valence-electron chi connectivity index (χ3n) is 2.44. The van der Waals surface area contributed by atoms with Crippen molar-refractivity contribution in [1.82, 2.24) is 9.78 Å². The van der Waals surface area contributed by atoms with Gasteiger partial charge in [-0.1, -0.05) is 0 Å².